The molecule has 4 heterocycles. The van der Waals surface area contributed by atoms with Crippen molar-refractivity contribution in [3.63, 3.8) is 0 Å². The second-order valence-electron chi connectivity index (χ2n) is 23.5. The maximum Gasteiger partial charge on any atom is 0.366 e. The van der Waals surface area contributed by atoms with Crippen molar-refractivity contribution in [3.05, 3.63) is 48.0 Å². The van der Waals surface area contributed by atoms with Gasteiger partial charge in [0.1, 0.15) is 68.6 Å². The van der Waals surface area contributed by atoms with E-state index in [2.05, 4.69) is 10.6 Å². The Kier molecular flexibility index (Phi) is 29.3. The Labute approximate surface area is 578 Å². The first-order valence-corrected chi connectivity index (χ1v) is 31.7. The van der Waals surface area contributed by atoms with Crippen LogP contribution in [0.2, 0.25) is 0 Å². The molecule has 0 unspecified atom stereocenters. The van der Waals surface area contributed by atoms with Gasteiger partial charge in [0.05, 0.1) is 25.7 Å². The van der Waals surface area contributed by atoms with Crippen molar-refractivity contribution in [2.45, 2.75) is 232 Å². The number of benzene rings is 2. The number of fused-ring (bicyclic) bond motifs is 1. The lowest BCUT2D eigenvalue weighted by molar-refractivity contribution is -0.391. The highest BCUT2D eigenvalue weighted by molar-refractivity contribution is 5.98. The summed E-state index contributed by atoms with van der Waals surface area (Å²) in [4.78, 5) is 187. The molecular weight excluding hydrogens is 1350 g/mol. The summed E-state index contributed by atoms with van der Waals surface area (Å²) >= 11 is 0. The molecule has 0 radical (unpaired) electrons. The molecule has 6 rings (SSSR count). The van der Waals surface area contributed by atoms with Crippen molar-refractivity contribution in [2.24, 2.45) is 0 Å². The normalized spacial score (nSPS) is 29.8. The third-order valence-corrected chi connectivity index (χ3v) is 15.4. The summed E-state index contributed by atoms with van der Waals surface area (Å²) < 4.78 is 121. The van der Waals surface area contributed by atoms with Crippen LogP contribution in [0.25, 0.3) is 10.8 Å². The molecule has 0 saturated carbocycles. The molecule has 4 saturated heterocycles. The molecule has 36 nitrogen and oxygen atoms in total. The molecule has 4 aliphatic rings. The van der Waals surface area contributed by atoms with Gasteiger partial charge in [0.15, 0.2) is 61.6 Å². The summed E-state index contributed by atoms with van der Waals surface area (Å²) in [7, 11) is 0.815. The highest BCUT2D eigenvalue weighted by Gasteiger charge is 2.65. The summed E-state index contributed by atoms with van der Waals surface area (Å²) in [6.45, 7) is 11.5. The van der Waals surface area contributed by atoms with Gasteiger partial charge in [-0.15, -0.1) is 0 Å². The standard InChI is InChI=1S/C65H84N2O34/c1-16-83-61-49(67-60(80)43-22-21-41-19-17-18-20-42(41)23-43)54(99-62-58(94-39(13)78)56(93-38(12)77)50(28(2)87-62)90-35(9)74)51(46(96-61)26-85-31(5)70)98-63-59(95-40(14)79)57(53(92-37(11)76)47(97-63)27-86-32(6)71)101-65(64(81)82-15)24-44(88-33(7)72)48(66-29(3)68)55(100-65)52(91-36(10)75)45(89-34(8)73)25-84-30(4)69/h17-23,28,44-59,61-63H,16,24-27H2,1-15H3,(H,66,68)(H,67,80)/t28-,44-,45+,46+,47+,48+,49+,50+,51+,52+,53-,54+,55+,56+,57-,58-,59+,61+,62-,63-,65-/m0/s1. The van der Waals surface area contributed by atoms with E-state index >= 15 is 9.59 Å². The van der Waals surface area contributed by atoms with Gasteiger partial charge in [0, 0.05) is 95.3 Å². The predicted octanol–water partition coefficient (Wildman–Crippen LogP) is 0.631. The first kappa shape index (κ1) is 80.9. The Morgan fingerprint density at radius 2 is 1.01 bits per heavy atom. The van der Waals surface area contributed by atoms with Crippen LogP contribution in [-0.2, 0) is 157 Å². The van der Waals surface area contributed by atoms with Crippen LogP contribution in [0.5, 0.6) is 0 Å². The van der Waals surface area contributed by atoms with Gasteiger partial charge in [-0.05, 0) is 36.8 Å². The average Bonchev–Trinajstić information content (AvgIpc) is 0.744. The highest BCUT2D eigenvalue weighted by Crippen LogP contribution is 2.43. The quantitative estimate of drug-likeness (QED) is 0.0871. The molecule has 2 aromatic rings. The molecule has 21 atom stereocenters. The molecule has 2 N–H and O–H groups in total. The third kappa shape index (κ3) is 22.2. The number of ether oxygens (including phenoxy) is 20. The van der Waals surface area contributed by atoms with E-state index in [0.717, 1.165) is 95.6 Å². The molecule has 0 bridgehead atoms. The largest absolute Gasteiger partial charge is 0.465 e. The lowest BCUT2D eigenvalue weighted by atomic mass is 9.87. The molecule has 2 aromatic carbocycles. The number of amides is 2. The summed E-state index contributed by atoms with van der Waals surface area (Å²) in [6.07, 6.45) is -36.4. The Bertz CT molecular complexity index is 3360. The SMILES string of the molecule is CCO[C@@H]1O[C@H](COC(C)=O)[C@@H](O[C@@H]2O[C@H](COC(C)=O)[C@H](OC(C)=O)[C@H](O[C@]3(C(=O)OC)C[C@H](OC(C)=O)[C@@H](NC(C)=O)[C@H]([C@H](OC(C)=O)[C@@H](COC(C)=O)OC(C)=O)O3)[C@H]2OC(C)=O)[C@H](O[C@@H]2O[C@@H](C)[C@@H](OC(C)=O)[C@@H](OC(C)=O)[C@@H]2OC(C)=O)[C@H]1NC(=O)c1ccc2ccccc2c1. The van der Waals surface area contributed by atoms with Crippen molar-refractivity contribution in [2.75, 3.05) is 33.5 Å². The molecule has 4 aliphatic heterocycles. The molecule has 558 valence electrons. The fourth-order valence-corrected chi connectivity index (χ4v) is 11.8. The summed E-state index contributed by atoms with van der Waals surface area (Å²) in [6, 6.07) is 8.19. The number of nitrogens with one attached hydrogen (secondary N) is 2. The molecular formula is C65H84N2O34. The van der Waals surface area contributed by atoms with E-state index < -0.39 is 238 Å². The van der Waals surface area contributed by atoms with Gasteiger partial charge in [-0.3, -0.25) is 62.3 Å². The third-order valence-electron chi connectivity index (χ3n) is 15.4. The van der Waals surface area contributed by atoms with Gasteiger partial charge >= 0.3 is 71.6 Å². The molecule has 101 heavy (non-hydrogen) atoms. The predicted molar refractivity (Wildman–Crippen MR) is 329 cm³/mol. The first-order valence-electron chi connectivity index (χ1n) is 31.7. The minimum Gasteiger partial charge on any atom is -0.465 e. The van der Waals surface area contributed by atoms with Gasteiger partial charge in [0.2, 0.25) is 5.91 Å². The Morgan fingerprint density at radius 3 is 1.54 bits per heavy atom. The first-order chi connectivity index (χ1) is 47.5. The van der Waals surface area contributed by atoms with Crippen LogP contribution in [0.3, 0.4) is 0 Å². The van der Waals surface area contributed by atoms with Crippen molar-refractivity contribution >= 4 is 94.2 Å². The zero-order chi connectivity index (χ0) is 74.9. The van der Waals surface area contributed by atoms with E-state index in [9.17, 15) is 57.5 Å². The van der Waals surface area contributed by atoms with Crippen molar-refractivity contribution in [3.8, 4) is 0 Å². The van der Waals surface area contributed by atoms with Crippen LogP contribution < -0.4 is 10.6 Å². The monoisotopic (exact) mass is 1440 g/mol. The second-order valence-corrected chi connectivity index (χ2v) is 23.5. The van der Waals surface area contributed by atoms with Crippen molar-refractivity contribution in [1.29, 1.82) is 0 Å². The summed E-state index contributed by atoms with van der Waals surface area (Å²) in [5, 5.41) is 6.72. The van der Waals surface area contributed by atoms with E-state index in [0.29, 0.717) is 5.39 Å². The fourth-order valence-electron chi connectivity index (χ4n) is 11.8. The molecule has 0 aromatic heterocycles. The highest BCUT2D eigenvalue weighted by atomic mass is 16.8. The van der Waals surface area contributed by atoms with Crippen LogP contribution in [0.4, 0.5) is 0 Å². The smallest absolute Gasteiger partial charge is 0.366 e. The van der Waals surface area contributed by atoms with Gasteiger partial charge in [-0.25, -0.2) is 4.79 Å². The number of hydrogen-bond acceptors (Lipinski definition) is 34. The minimum absolute atomic E-state index is 0.0311. The van der Waals surface area contributed by atoms with Crippen LogP contribution in [-0.4, -0.2) is 245 Å². The average molecular weight is 1440 g/mol. The van der Waals surface area contributed by atoms with Crippen molar-refractivity contribution < 1.29 is 162 Å². The molecule has 0 spiro atoms. The lowest BCUT2D eigenvalue weighted by Crippen LogP contribution is -2.72. The van der Waals surface area contributed by atoms with Crippen LogP contribution >= 0.6 is 0 Å². The molecule has 36 heteroatoms. The number of rotatable bonds is 28. The fraction of sp³-hybridized carbons (Fsp3) is 0.631. The maximum absolute atomic E-state index is 15.2. The number of esters is 12. The number of methoxy groups -OCH3 is 1. The van der Waals surface area contributed by atoms with Crippen LogP contribution in [0, 0.1) is 0 Å². The number of carbonyl (C=O) groups is 14. The van der Waals surface area contributed by atoms with E-state index in [1.807, 2.05) is 0 Å². The van der Waals surface area contributed by atoms with Crippen LogP contribution in [0.15, 0.2) is 42.5 Å². The second kappa shape index (κ2) is 36.5. The molecule has 0 aliphatic carbocycles. The Balaban J connectivity index is 1.68. The van der Waals surface area contributed by atoms with E-state index in [4.69, 9.17) is 94.7 Å². The van der Waals surface area contributed by atoms with Gasteiger partial charge in [-0.1, -0.05) is 30.3 Å². The Morgan fingerprint density at radius 1 is 0.505 bits per heavy atom. The zero-order valence-corrected chi connectivity index (χ0v) is 58.0. The molecule has 2 amide bonds. The number of hydrogen-bond donors (Lipinski definition) is 2. The van der Waals surface area contributed by atoms with Crippen molar-refractivity contribution in [1.82, 2.24) is 10.6 Å². The summed E-state index contributed by atoms with van der Waals surface area (Å²) in [5.74, 6) is -18.1. The Hall–Kier alpha value is -9.04. The number of carbonyl (C=O) groups excluding carboxylic acids is 14. The maximum atomic E-state index is 15.2. The summed E-state index contributed by atoms with van der Waals surface area (Å²) in [5.41, 5.74) is 0.0311. The molecule has 4 fully saturated rings. The van der Waals surface area contributed by atoms with E-state index in [-0.39, 0.29) is 12.2 Å². The van der Waals surface area contributed by atoms with Gasteiger partial charge in [0.25, 0.3) is 11.7 Å². The lowest BCUT2D eigenvalue weighted by Gasteiger charge is -2.53. The van der Waals surface area contributed by atoms with E-state index in [1.165, 1.54) is 13.0 Å². The van der Waals surface area contributed by atoms with E-state index in [1.54, 1.807) is 43.3 Å². The topological polar surface area (TPSA) is 448 Å². The zero-order valence-electron chi connectivity index (χ0n) is 58.0. The van der Waals surface area contributed by atoms with Gasteiger partial charge < -0.3 is 105 Å². The van der Waals surface area contributed by atoms with Gasteiger partial charge in [-0.2, -0.15) is 0 Å². The minimum atomic E-state index is -3.26. The van der Waals surface area contributed by atoms with Crippen LogP contribution in [0.1, 0.15) is 114 Å².